The summed E-state index contributed by atoms with van der Waals surface area (Å²) in [5.41, 5.74) is 10.3. The molecule has 0 saturated carbocycles. The average molecular weight is 890 g/mol. The molecule has 3 atom stereocenters. The minimum atomic E-state index is -1.27. The van der Waals surface area contributed by atoms with E-state index in [1.807, 2.05) is 36.4 Å². The highest BCUT2D eigenvalue weighted by Crippen LogP contribution is 2.39. The van der Waals surface area contributed by atoms with E-state index in [1.165, 1.54) is 33.5 Å². The second-order valence-corrected chi connectivity index (χ2v) is 13.9. The van der Waals surface area contributed by atoms with E-state index in [0.29, 0.717) is 42.7 Å². The molecule has 0 aliphatic heterocycles. The molecular weight excluding hydrogens is 854 g/mol. The van der Waals surface area contributed by atoms with E-state index in [-0.39, 0.29) is 28.8 Å². The van der Waals surface area contributed by atoms with Crippen LogP contribution in [0.2, 0.25) is 10.0 Å². The quantitative estimate of drug-likeness (QED) is 0.0592. The van der Waals surface area contributed by atoms with Gasteiger partial charge in [-0.15, -0.1) is 0 Å². The molecule has 2 amide bonds. The zero-order valence-corrected chi connectivity index (χ0v) is 32.7. The summed E-state index contributed by atoms with van der Waals surface area (Å²) < 4.78 is 21.9. The average Bonchev–Trinajstić information content (AvgIpc) is 3.56. The van der Waals surface area contributed by atoms with E-state index < -0.39 is 42.1 Å². The molecule has 13 nitrogen and oxygen atoms in total. The molecule has 0 aliphatic rings. The van der Waals surface area contributed by atoms with Gasteiger partial charge in [-0.25, -0.2) is 14.4 Å². The SMILES string of the molecule is COC(=O)[C@H](NC(=O)C(N)c1cc(Cl)c(OC)c(Cl)c1)c1cc(I)c(OC)c(-c2ccc3c(C[C@H](NC(=O)OCc4ccccc4)C(=O)O)c[nH]c3c2)c1. The second kappa shape index (κ2) is 17.9. The summed E-state index contributed by atoms with van der Waals surface area (Å²) in [7, 11) is 4.12. The van der Waals surface area contributed by atoms with Gasteiger partial charge in [0.2, 0.25) is 5.91 Å². The summed E-state index contributed by atoms with van der Waals surface area (Å²) >= 11 is 14.6. The number of H-pyrrole nitrogens is 1. The van der Waals surface area contributed by atoms with Crippen LogP contribution >= 0.6 is 45.8 Å². The Hall–Kier alpha value is -5.03. The Morgan fingerprint density at radius 2 is 1.57 bits per heavy atom. The number of nitrogens with two attached hydrogens (primary N) is 1. The van der Waals surface area contributed by atoms with Crippen LogP contribution in [0.3, 0.4) is 0 Å². The predicted molar refractivity (Wildman–Crippen MR) is 211 cm³/mol. The highest BCUT2D eigenvalue weighted by molar-refractivity contribution is 14.1. The van der Waals surface area contributed by atoms with Gasteiger partial charge in [0.1, 0.15) is 24.4 Å². The van der Waals surface area contributed by atoms with Gasteiger partial charge in [0.05, 0.1) is 34.9 Å². The summed E-state index contributed by atoms with van der Waals surface area (Å²) in [4.78, 5) is 54.4. The monoisotopic (exact) mass is 888 g/mol. The number of fused-ring (bicyclic) bond motifs is 1. The van der Waals surface area contributed by atoms with E-state index in [2.05, 4.69) is 38.2 Å². The number of rotatable bonds is 14. The molecule has 1 unspecified atom stereocenters. The Balaban J connectivity index is 1.40. The first kappa shape index (κ1) is 40.2. The molecule has 1 aromatic heterocycles. The van der Waals surface area contributed by atoms with Crippen LogP contribution < -0.4 is 25.8 Å². The van der Waals surface area contributed by atoms with Crippen LogP contribution in [0.1, 0.15) is 34.3 Å². The Morgan fingerprint density at radius 1 is 0.889 bits per heavy atom. The normalized spacial score (nSPS) is 12.6. The standard InChI is InChI=1S/C38H35Cl2IN4O9/c1-51-33-25(11-22(14-28(33)41)32(37(49)53-3)45-35(46)31(42)21-12-26(39)34(52-2)27(40)13-21)20-9-10-24-23(17-43-29(24)15-20)16-30(36(47)48)44-38(50)54-18-19-7-5-4-6-8-19/h4-15,17,30-32,43H,16,18,42H2,1-3H3,(H,44,50)(H,45,46)(H,47,48)/t30-,31?,32+/m0/s1. The van der Waals surface area contributed by atoms with Crippen molar-refractivity contribution in [1.82, 2.24) is 15.6 Å². The first-order chi connectivity index (χ1) is 25.8. The summed E-state index contributed by atoms with van der Waals surface area (Å²) in [5, 5.41) is 16.1. The highest BCUT2D eigenvalue weighted by Gasteiger charge is 2.30. The summed E-state index contributed by atoms with van der Waals surface area (Å²) in [6, 6.07) is 17.0. The Kier molecular flexibility index (Phi) is 13.3. The van der Waals surface area contributed by atoms with Crippen molar-refractivity contribution in [3.8, 4) is 22.6 Å². The number of carboxylic acids is 1. The number of carbonyl (C=O) groups excluding carboxylic acids is 3. The second-order valence-electron chi connectivity index (χ2n) is 11.9. The van der Waals surface area contributed by atoms with Crippen molar-refractivity contribution in [1.29, 1.82) is 0 Å². The lowest BCUT2D eigenvalue weighted by Crippen LogP contribution is -2.42. The molecule has 0 aliphatic carbocycles. The van der Waals surface area contributed by atoms with Crippen LogP contribution in [0.15, 0.2) is 79.0 Å². The molecule has 1 heterocycles. The molecule has 5 rings (SSSR count). The van der Waals surface area contributed by atoms with Crippen molar-refractivity contribution in [3.05, 3.63) is 115 Å². The molecule has 5 aromatic rings. The number of aromatic amines is 1. The van der Waals surface area contributed by atoms with Crippen molar-refractivity contribution in [2.75, 3.05) is 21.3 Å². The predicted octanol–water partition coefficient (Wildman–Crippen LogP) is 6.72. The number of carbonyl (C=O) groups is 4. The Labute approximate surface area is 333 Å². The highest BCUT2D eigenvalue weighted by atomic mass is 127. The molecule has 0 saturated heterocycles. The molecule has 54 heavy (non-hydrogen) atoms. The van der Waals surface area contributed by atoms with E-state index in [0.717, 1.165) is 10.9 Å². The third-order valence-corrected chi connectivity index (χ3v) is 9.86. The number of methoxy groups -OCH3 is 3. The third kappa shape index (κ3) is 9.18. The van der Waals surface area contributed by atoms with Crippen LogP contribution in [0, 0.1) is 3.57 Å². The number of carboxylic acid groups (broad SMARTS) is 1. The van der Waals surface area contributed by atoms with E-state index in [4.69, 9.17) is 47.9 Å². The first-order valence-corrected chi connectivity index (χ1v) is 18.0. The third-order valence-electron chi connectivity index (χ3n) is 8.50. The zero-order chi connectivity index (χ0) is 39.1. The van der Waals surface area contributed by atoms with Gasteiger partial charge in [-0.2, -0.15) is 0 Å². The number of halogens is 3. The van der Waals surface area contributed by atoms with Gasteiger partial charge >= 0.3 is 18.0 Å². The molecule has 282 valence electrons. The molecule has 4 aromatic carbocycles. The molecule has 0 fully saturated rings. The Morgan fingerprint density at radius 3 is 2.20 bits per heavy atom. The fourth-order valence-corrected chi connectivity index (χ4v) is 7.31. The number of esters is 1. The van der Waals surface area contributed by atoms with Gasteiger partial charge in [0, 0.05) is 29.1 Å². The zero-order valence-electron chi connectivity index (χ0n) is 29.1. The van der Waals surface area contributed by atoms with Gasteiger partial charge in [0.15, 0.2) is 11.8 Å². The number of aromatic nitrogens is 1. The van der Waals surface area contributed by atoms with Crippen LogP contribution in [0.4, 0.5) is 4.79 Å². The maximum atomic E-state index is 13.4. The maximum Gasteiger partial charge on any atom is 0.408 e. The fraction of sp³-hybridized carbons (Fsp3) is 0.211. The number of ether oxygens (including phenoxy) is 4. The fourth-order valence-electron chi connectivity index (χ4n) is 5.79. The van der Waals surface area contributed by atoms with Crippen LogP contribution in [0.5, 0.6) is 11.5 Å². The Bertz CT molecular complexity index is 2180. The van der Waals surface area contributed by atoms with Crippen LogP contribution in [-0.2, 0) is 36.9 Å². The summed E-state index contributed by atoms with van der Waals surface area (Å²) in [5.74, 6) is -1.94. The minimum absolute atomic E-state index is 0.00684. The van der Waals surface area contributed by atoms with Gasteiger partial charge in [0.25, 0.3) is 0 Å². The van der Waals surface area contributed by atoms with Crippen molar-refractivity contribution in [2.24, 2.45) is 5.73 Å². The van der Waals surface area contributed by atoms with Crippen LogP contribution in [0.25, 0.3) is 22.0 Å². The number of nitrogens with one attached hydrogen (secondary N) is 3. The van der Waals surface area contributed by atoms with Gasteiger partial charge in [-0.1, -0.05) is 65.7 Å². The molecule has 16 heteroatoms. The summed E-state index contributed by atoms with van der Waals surface area (Å²) in [6.07, 6.45) is 0.796. The number of aliphatic carboxylic acids is 1. The number of amides is 2. The number of benzene rings is 4. The smallest absolute Gasteiger partial charge is 0.408 e. The lowest BCUT2D eigenvalue weighted by Gasteiger charge is -2.22. The van der Waals surface area contributed by atoms with Gasteiger partial charge in [-0.3, -0.25) is 4.79 Å². The van der Waals surface area contributed by atoms with E-state index in [9.17, 15) is 24.3 Å². The van der Waals surface area contributed by atoms with E-state index >= 15 is 0 Å². The minimum Gasteiger partial charge on any atom is -0.495 e. The van der Waals surface area contributed by atoms with Gasteiger partial charge in [-0.05, 0) is 80.7 Å². The first-order valence-electron chi connectivity index (χ1n) is 16.2. The lowest BCUT2D eigenvalue weighted by molar-refractivity contribution is -0.145. The molecule has 0 bridgehead atoms. The molecule has 6 N–H and O–H groups in total. The topological polar surface area (TPSA) is 191 Å². The van der Waals surface area contributed by atoms with E-state index in [1.54, 1.807) is 30.5 Å². The lowest BCUT2D eigenvalue weighted by atomic mass is 9.96. The molecule has 0 radical (unpaired) electrons. The number of hydrogen-bond donors (Lipinski definition) is 5. The van der Waals surface area contributed by atoms with Crippen molar-refractivity contribution in [2.45, 2.75) is 31.2 Å². The summed E-state index contributed by atoms with van der Waals surface area (Å²) in [6.45, 7) is -0.00684. The van der Waals surface area contributed by atoms with Crippen molar-refractivity contribution >= 4 is 80.6 Å². The van der Waals surface area contributed by atoms with Gasteiger partial charge < -0.3 is 45.4 Å². The number of alkyl carbamates (subject to hydrolysis) is 1. The van der Waals surface area contributed by atoms with Crippen molar-refractivity contribution < 1.29 is 43.2 Å². The largest absolute Gasteiger partial charge is 0.495 e. The maximum absolute atomic E-state index is 13.4. The van der Waals surface area contributed by atoms with Crippen molar-refractivity contribution in [3.63, 3.8) is 0 Å². The number of hydrogen-bond acceptors (Lipinski definition) is 9. The van der Waals surface area contributed by atoms with Crippen LogP contribution in [-0.4, -0.2) is 61.4 Å². The molecule has 0 spiro atoms. The molecular formula is C38H35Cl2IN4O9.